The Kier molecular flexibility index (Phi) is 6.49. The van der Waals surface area contributed by atoms with Gasteiger partial charge in [0.05, 0.1) is 11.0 Å². The summed E-state index contributed by atoms with van der Waals surface area (Å²) in [5.41, 5.74) is 0. The number of hydrogen-bond donors (Lipinski definition) is 0. The normalized spacial score (nSPS) is 14.7. The summed E-state index contributed by atoms with van der Waals surface area (Å²) in [5, 5.41) is 10.4. The fourth-order valence-electron chi connectivity index (χ4n) is 1.27. The SMILES string of the molecule is C=CCC(C/C=C/[N+](=O)[O-])O[Si](C)(C)C(C)(C)C. The van der Waals surface area contributed by atoms with E-state index >= 15 is 0 Å². The molecule has 0 aromatic heterocycles. The van der Waals surface area contributed by atoms with E-state index in [1.807, 2.05) is 0 Å². The minimum Gasteiger partial charge on any atom is -0.413 e. The molecule has 1 unspecified atom stereocenters. The van der Waals surface area contributed by atoms with Crippen molar-refractivity contribution in [3.8, 4) is 0 Å². The highest BCUT2D eigenvalue weighted by Crippen LogP contribution is 2.38. The molecule has 0 aliphatic rings. The van der Waals surface area contributed by atoms with Gasteiger partial charge in [-0.25, -0.2) is 0 Å². The molecule has 0 N–H and O–H groups in total. The van der Waals surface area contributed by atoms with Crippen molar-refractivity contribution in [1.29, 1.82) is 0 Å². The molecule has 4 nitrogen and oxygen atoms in total. The Morgan fingerprint density at radius 1 is 1.39 bits per heavy atom. The van der Waals surface area contributed by atoms with Crippen molar-refractivity contribution in [1.82, 2.24) is 0 Å². The van der Waals surface area contributed by atoms with E-state index in [2.05, 4.69) is 40.4 Å². The van der Waals surface area contributed by atoms with Gasteiger partial charge in [-0.1, -0.05) is 26.8 Å². The van der Waals surface area contributed by atoms with Crippen LogP contribution in [0.2, 0.25) is 18.1 Å². The lowest BCUT2D eigenvalue weighted by Gasteiger charge is -2.39. The van der Waals surface area contributed by atoms with E-state index in [4.69, 9.17) is 4.43 Å². The molecule has 0 aliphatic carbocycles. The minimum atomic E-state index is -1.83. The predicted octanol–water partition coefficient (Wildman–Crippen LogP) is 4.13. The summed E-state index contributed by atoms with van der Waals surface area (Å²) in [4.78, 5) is 9.80. The molecule has 0 bridgehead atoms. The van der Waals surface area contributed by atoms with Crippen LogP contribution in [0.25, 0.3) is 0 Å². The van der Waals surface area contributed by atoms with Gasteiger partial charge in [0.2, 0.25) is 6.20 Å². The third-order valence-electron chi connectivity index (χ3n) is 3.32. The summed E-state index contributed by atoms with van der Waals surface area (Å²) >= 11 is 0. The molecule has 0 radical (unpaired) electrons. The molecule has 0 amide bonds. The maximum absolute atomic E-state index is 10.2. The number of rotatable bonds is 7. The molecule has 0 aromatic rings. The lowest BCUT2D eigenvalue weighted by molar-refractivity contribution is -0.402. The molecule has 0 heterocycles. The summed E-state index contributed by atoms with van der Waals surface area (Å²) in [6.45, 7) is 14.6. The zero-order chi connectivity index (χ0) is 14.4. The van der Waals surface area contributed by atoms with E-state index in [1.54, 1.807) is 12.2 Å². The van der Waals surface area contributed by atoms with Gasteiger partial charge in [-0.05, 0) is 37.0 Å². The molecule has 0 saturated carbocycles. The molecule has 104 valence electrons. The van der Waals surface area contributed by atoms with Crippen molar-refractivity contribution in [3.05, 3.63) is 35.0 Å². The topological polar surface area (TPSA) is 52.4 Å². The second-order valence-corrected chi connectivity index (χ2v) is 10.7. The van der Waals surface area contributed by atoms with Gasteiger partial charge in [-0.3, -0.25) is 10.1 Å². The van der Waals surface area contributed by atoms with Crippen LogP contribution in [0.5, 0.6) is 0 Å². The zero-order valence-electron chi connectivity index (χ0n) is 12.1. The molecular formula is C13H25NO3Si. The highest BCUT2D eigenvalue weighted by atomic mass is 28.4. The maximum atomic E-state index is 10.2. The van der Waals surface area contributed by atoms with Crippen LogP contribution in [0.3, 0.4) is 0 Å². The van der Waals surface area contributed by atoms with Gasteiger partial charge >= 0.3 is 0 Å². The lowest BCUT2D eigenvalue weighted by Crippen LogP contribution is -2.43. The maximum Gasteiger partial charge on any atom is 0.230 e. The van der Waals surface area contributed by atoms with Crippen LogP contribution in [0, 0.1) is 10.1 Å². The zero-order valence-corrected chi connectivity index (χ0v) is 13.1. The van der Waals surface area contributed by atoms with E-state index in [-0.39, 0.29) is 11.1 Å². The highest BCUT2D eigenvalue weighted by molar-refractivity contribution is 6.74. The van der Waals surface area contributed by atoms with Crippen LogP contribution >= 0.6 is 0 Å². The van der Waals surface area contributed by atoms with Gasteiger partial charge in [0.15, 0.2) is 8.32 Å². The second kappa shape index (κ2) is 6.85. The van der Waals surface area contributed by atoms with Gasteiger partial charge < -0.3 is 4.43 Å². The molecule has 18 heavy (non-hydrogen) atoms. The number of nitrogens with zero attached hydrogens (tertiary/aromatic N) is 1. The van der Waals surface area contributed by atoms with Gasteiger partial charge in [-0.15, -0.1) is 6.58 Å². The number of hydrogen-bond acceptors (Lipinski definition) is 3. The summed E-state index contributed by atoms with van der Waals surface area (Å²) in [5.74, 6) is 0. The quantitative estimate of drug-likeness (QED) is 0.303. The van der Waals surface area contributed by atoms with Crippen molar-refractivity contribution < 1.29 is 9.35 Å². The molecule has 1 atom stereocenters. The molecule has 0 fully saturated rings. The summed E-state index contributed by atoms with van der Waals surface area (Å²) in [6.07, 6.45) is 5.60. The fraction of sp³-hybridized carbons (Fsp3) is 0.692. The third kappa shape index (κ3) is 6.12. The first-order valence-electron chi connectivity index (χ1n) is 6.19. The Labute approximate surface area is 111 Å². The van der Waals surface area contributed by atoms with Crippen molar-refractivity contribution in [2.45, 2.75) is 57.8 Å². The van der Waals surface area contributed by atoms with E-state index in [0.29, 0.717) is 12.8 Å². The van der Waals surface area contributed by atoms with Crippen LogP contribution in [0.1, 0.15) is 33.6 Å². The van der Waals surface area contributed by atoms with Gasteiger partial charge in [0.25, 0.3) is 0 Å². The summed E-state index contributed by atoms with van der Waals surface area (Å²) in [6, 6.07) is 0. The first-order chi connectivity index (χ1) is 8.10. The van der Waals surface area contributed by atoms with Crippen molar-refractivity contribution in [2.75, 3.05) is 0 Å². The van der Waals surface area contributed by atoms with Crippen molar-refractivity contribution in [2.24, 2.45) is 0 Å². The van der Waals surface area contributed by atoms with Crippen LogP contribution in [0.15, 0.2) is 24.9 Å². The van der Waals surface area contributed by atoms with Crippen LogP contribution in [-0.4, -0.2) is 19.3 Å². The van der Waals surface area contributed by atoms with Crippen LogP contribution in [-0.2, 0) is 4.43 Å². The Morgan fingerprint density at radius 3 is 2.33 bits per heavy atom. The molecule has 5 heteroatoms. The van der Waals surface area contributed by atoms with Crippen LogP contribution < -0.4 is 0 Å². The minimum absolute atomic E-state index is 0.0143. The smallest absolute Gasteiger partial charge is 0.230 e. The Morgan fingerprint density at radius 2 is 1.94 bits per heavy atom. The standard InChI is InChI=1S/C13H25NO3Si/c1-7-9-12(10-8-11-14(15)16)17-18(5,6)13(2,3)4/h7-8,11-12H,1,9-10H2,2-6H3/b11-8+. The highest BCUT2D eigenvalue weighted by Gasteiger charge is 2.38. The average molecular weight is 271 g/mol. The molecule has 0 rings (SSSR count). The molecule has 0 saturated heterocycles. The number of nitro groups is 1. The summed E-state index contributed by atoms with van der Waals surface area (Å²) < 4.78 is 6.22. The Bertz CT molecular complexity index is 319. The van der Waals surface area contributed by atoms with E-state index in [1.165, 1.54) is 0 Å². The third-order valence-corrected chi connectivity index (χ3v) is 7.86. The van der Waals surface area contributed by atoms with Crippen LogP contribution in [0.4, 0.5) is 0 Å². The first kappa shape index (κ1) is 17.1. The van der Waals surface area contributed by atoms with E-state index < -0.39 is 13.2 Å². The lowest BCUT2D eigenvalue weighted by atomic mass is 10.2. The fourth-order valence-corrected chi connectivity index (χ4v) is 2.65. The van der Waals surface area contributed by atoms with Crippen molar-refractivity contribution in [3.63, 3.8) is 0 Å². The molecule has 0 aliphatic heterocycles. The second-order valence-electron chi connectivity index (χ2n) is 5.93. The van der Waals surface area contributed by atoms with Crippen molar-refractivity contribution >= 4 is 8.32 Å². The Balaban J connectivity index is 4.62. The largest absolute Gasteiger partial charge is 0.413 e. The average Bonchev–Trinajstić information content (AvgIpc) is 2.14. The molecular weight excluding hydrogens is 246 g/mol. The predicted molar refractivity (Wildman–Crippen MR) is 77.6 cm³/mol. The van der Waals surface area contributed by atoms with Gasteiger partial charge in [0, 0.05) is 0 Å². The molecule has 0 aromatic carbocycles. The summed E-state index contributed by atoms with van der Waals surface area (Å²) in [7, 11) is -1.83. The van der Waals surface area contributed by atoms with Gasteiger partial charge in [-0.2, -0.15) is 0 Å². The van der Waals surface area contributed by atoms with E-state index in [9.17, 15) is 10.1 Å². The van der Waals surface area contributed by atoms with E-state index in [0.717, 1.165) is 6.20 Å². The monoisotopic (exact) mass is 271 g/mol. The first-order valence-corrected chi connectivity index (χ1v) is 9.10. The molecule has 0 spiro atoms. The Hall–Kier alpha value is -0.943. The van der Waals surface area contributed by atoms with Gasteiger partial charge in [0.1, 0.15) is 0 Å².